The van der Waals surface area contributed by atoms with Crippen LogP contribution in [0.5, 0.6) is 0 Å². The number of halogens is 2. The Morgan fingerprint density at radius 1 is 0.885 bits per heavy atom. The van der Waals surface area contributed by atoms with Crippen molar-refractivity contribution < 1.29 is 13.5 Å². The van der Waals surface area contributed by atoms with Crippen molar-refractivity contribution in [2.45, 2.75) is 102 Å². The van der Waals surface area contributed by atoms with Crippen LogP contribution in [0.15, 0.2) is 12.3 Å². The SMILES string of the molecule is C=C(C)OC1CCC(C2CCC(CC3CCC(P)CC3)CC2)C(F)C1F. The average molecular weight is 387 g/mol. The number of hydrogen-bond acceptors (Lipinski definition) is 1. The van der Waals surface area contributed by atoms with E-state index >= 15 is 0 Å². The lowest BCUT2D eigenvalue weighted by molar-refractivity contribution is -0.0668. The molecule has 0 amide bonds. The molecule has 4 heteroatoms. The normalized spacial score (nSPS) is 44.5. The van der Waals surface area contributed by atoms with E-state index in [9.17, 15) is 8.78 Å². The predicted octanol–water partition coefficient (Wildman–Crippen LogP) is 6.62. The van der Waals surface area contributed by atoms with Gasteiger partial charge in [-0.15, -0.1) is 9.24 Å². The third-order valence-electron chi connectivity index (χ3n) is 7.26. The summed E-state index contributed by atoms with van der Waals surface area (Å²) in [5.74, 6) is 2.47. The maximum atomic E-state index is 14.7. The Hall–Kier alpha value is -0.170. The molecule has 26 heavy (non-hydrogen) atoms. The lowest BCUT2D eigenvalue weighted by atomic mass is 9.67. The first-order valence-electron chi connectivity index (χ1n) is 10.8. The fourth-order valence-electron chi connectivity index (χ4n) is 5.74. The second-order valence-corrected chi connectivity index (χ2v) is 10.2. The van der Waals surface area contributed by atoms with E-state index in [0.717, 1.165) is 36.8 Å². The van der Waals surface area contributed by atoms with Crippen molar-refractivity contribution in [1.82, 2.24) is 0 Å². The quantitative estimate of drug-likeness (QED) is 0.381. The van der Waals surface area contributed by atoms with Crippen LogP contribution >= 0.6 is 9.24 Å². The Bertz CT molecular complexity index is 455. The standard InChI is InChI=1S/C22H37F2OP/c1-14(2)25-20-12-11-19(21(23)22(20)24)17-7-3-15(4-8-17)13-16-5-9-18(26)10-6-16/h15-22H,1,3-13,26H2,2H3. The van der Waals surface area contributed by atoms with E-state index in [2.05, 4.69) is 15.8 Å². The van der Waals surface area contributed by atoms with Crippen LogP contribution in [0, 0.1) is 23.7 Å². The molecule has 0 aromatic heterocycles. The van der Waals surface area contributed by atoms with Gasteiger partial charge >= 0.3 is 0 Å². The Morgan fingerprint density at radius 2 is 1.46 bits per heavy atom. The minimum atomic E-state index is -1.50. The molecule has 0 heterocycles. The molecule has 0 N–H and O–H groups in total. The van der Waals surface area contributed by atoms with Gasteiger partial charge in [0.2, 0.25) is 0 Å². The summed E-state index contributed by atoms with van der Waals surface area (Å²) < 4.78 is 34.6. The van der Waals surface area contributed by atoms with Crippen molar-refractivity contribution in [3.8, 4) is 0 Å². The smallest absolute Gasteiger partial charge is 0.168 e. The fourth-order valence-corrected chi connectivity index (χ4v) is 6.13. The zero-order valence-electron chi connectivity index (χ0n) is 16.3. The molecule has 150 valence electrons. The molecule has 3 rings (SSSR count). The van der Waals surface area contributed by atoms with E-state index in [1.54, 1.807) is 6.92 Å². The number of allylic oxidation sites excluding steroid dienone is 1. The molecule has 0 aromatic rings. The molecule has 0 aromatic carbocycles. The molecule has 0 aliphatic heterocycles. The van der Waals surface area contributed by atoms with Gasteiger partial charge in [0.15, 0.2) is 6.17 Å². The fraction of sp³-hybridized carbons (Fsp3) is 0.909. The first-order valence-corrected chi connectivity index (χ1v) is 11.5. The Balaban J connectivity index is 1.44. The van der Waals surface area contributed by atoms with Gasteiger partial charge in [-0.1, -0.05) is 19.4 Å². The number of rotatable bonds is 5. The zero-order valence-corrected chi connectivity index (χ0v) is 17.5. The van der Waals surface area contributed by atoms with Gasteiger partial charge in [-0.3, -0.25) is 0 Å². The molecular weight excluding hydrogens is 349 g/mol. The molecule has 3 saturated carbocycles. The van der Waals surface area contributed by atoms with Gasteiger partial charge in [0, 0.05) is 0 Å². The van der Waals surface area contributed by atoms with Crippen molar-refractivity contribution >= 4 is 9.24 Å². The van der Waals surface area contributed by atoms with Gasteiger partial charge < -0.3 is 4.74 Å². The predicted molar refractivity (Wildman–Crippen MR) is 108 cm³/mol. The molecule has 0 bridgehead atoms. The van der Waals surface area contributed by atoms with Crippen LogP contribution in [-0.4, -0.2) is 24.1 Å². The maximum absolute atomic E-state index is 14.7. The lowest BCUT2D eigenvalue weighted by Gasteiger charge is -2.41. The molecule has 0 saturated heterocycles. The van der Waals surface area contributed by atoms with E-state index in [0.29, 0.717) is 18.1 Å². The second-order valence-electron chi connectivity index (χ2n) is 9.29. The zero-order chi connectivity index (χ0) is 18.7. The molecule has 3 fully saturated rings. The molecule has 5 unspecified atom stereocenters. The molecule has 0 radical (unpaired) electrons. The maximum Gasteiger partial charge on any atom is 0.168 e. The first-order chi connectivity index (χ1) is 12.4. The van der Waals surface area contributed by atoms with E-state index in [-0.39, 0.29) is 5.92 Å². The van der Waals surface area contributed by atoms with Gasteiger partial charge in [-0.2, -0.15) is 0 Å². The highest BCUT2D eigenvalue weighted by molar-refractivity contribution is 7.17. The summed E-state index contributed by atoms with van der Waals surface area (Å²) >= 11 is 0. The van der Waals surface area contributed by atoms with Gasteiger partial charge in [-0.25, -0.2) is 8.78 Å². The Kier molecular flexibility index (Phi) is 7.40. The van der Waals surface area contributed by atoms with Crippen LogP contribution in [0.4, 0.5) is 8.78 Å². The summed E-state index contributed by atoms with van der Waals surface area (Å²) in [7, 11) is 2.98. The summed E-state index contributed by atoms with van der Waals surface area (Å²) in [6.45, 7) is 5.37. The summed E-state index contributed by atoms with van der Waals surface area (Å²) in [5, 5.41) is 0. The van der Waals surface area contributed by atoms with E-state index in [1.807, 2.05) is 0 Å². The number of ether oxygens (including phenoxy) is 1. The summed E-state index contributed by atoms with van der Waals surface area (Å²) in [6.07, 6.45) is 9.37. The van der Waals surface area contributed by atoms with Crippen LogP contribution in [0.1, 0.15) is 77.6 Å². The van der Waals surface area contributed by atoms with Crippen LogP contribution in [0.2, 0.25) is 0 Å². The van der Waals surface area contributed by atoms with Gasteiger partial charge in [0.1, 0.15) is 12.3 Å². The minimum Gasteiger partial charge on any atom is -0.493 e. The Morgan fingerprint density at radius 3 is 2.04 bits per heavy atom. The van der Waals surface area contributed by atoms with Gasteiger partial charge in [-0.05, 0) is 94.0 Å². The highest BCUT2D eigenvalue weighted by Gasteiger charge is 2.45. The van der Waals surface area contributed by atoms with Crippen molar-refractivity contribution in [3.63, 3.8) is 0 Å². The highest BCUT2D eigenvalue weighted by atomic mass is 31.0. The average Bonchev–Trinajstić information content (AvgIpc) is 2.62. The first kappa shape index (κ1) is 20.6. The van der Waals surface area contributed by atoms with Crippen LogP contribution < -0.4 is 0 Å². The van der Waals surface area contributed by atoms with E-state index in [1.165, 1.54) is 44.9 Å². The third-order valence-corrected chi connectivity index (χ3v) is 7.93. The largest absolute Gasteiger partial charge is 0.493 e. The Labute approximate surface area is 160 Å². The van der Waals surface area contributed by atoms with E-state index in [4.69, 9.17) is 4.74 Å². The molecule has 5 atom stereocenters. The van der Waals surface area contributed by atoms with Crippen molar-refractivity contribution in [1.29, 1.82) is 0 Å². The highest BCUT2D eigenvalue weighted by Crippen LogP contribution is 2.45. The molecule has 3 aliphatic carbocycles. The van der Waals surface area contributed by atoms with Crippen LogP contribution in [0.25, 0.3) is 0 Å². The van der Waals surface area contributed by atoms with Crippen molar-refractivity contribution in [2.75, 3.05) is 0 Å². The lowest BCUT2D eigenvalue weighted by Crippen LogP contribution is -2.45. The molecular formula is C22H37F2OP. The van der Waals surface area contributed by atoms with E-state index < -0.39 is 18.4 Å². The molecule has 1 nitrogen and oxygen atoms in total. The summed E-state index contributed by atoms with van der Waals surface area (Å²) in [6, 6.07) is 0. The summed E-state index contributed by atoms with van der Waals surface area (Å²) in [5.41, 5.74) is 0.834. The third kappa shape index (κ3) is 5.21. The molecule has 3 aliphatic rings. The minimum absolute atomic E-state index is 0.108. The number of alkyl halides is 2. The topological polar surface area (TPSA) is 9.23 Å². The van der Waals surface area contributed by atoms with Gasteiger partial charge in [0.25, 0.3) is 0 Å². The van der Waals surface area contributed by atoms with Crippen LogP contribution in [-0.2, 0) is 4.74 Å². The second kappa shape index (κ2) is 9.35. The van der Waals surface area contributed by atoms with Gasteiger partial charge in [0.05, 0.1) is 5.76 Å². The van der Waals surface area contributed by atoms with Crippen molar-refractivity contribution in [2.24, 2.45) is 23.7 Å². The van der Waals surface area contributed by atoms with Crippen molar-refractivity contribution in [3.05, 3.63) is 12.3 Å². The monoisotopic (exact) mass is 386 g/mol. The van der Waals surface area contributed by atoms with Crippen LogP contribution in [0.3, 0.4) is 0 Å². The summed E-state index contributed by atoms with van der Waals surface area (Å²) in [4.78, 5) is 0. The number of hydrogen-bond donors (Lipinski definition) is 0. The molecule has 0 spiro atoms.